The van der Waals surface area contributed by atoms with Gasteiger partial charge in [0.2, 0.25) is 5.91 Å². The molecule has 1 atom stereocenters. The van der Waals surface area contributed by atoms with E-state index in [9.17, 15) is 13.6 Å². The Morgan fingerprint density at radius 2 is 1.68 bits per heavy atom. The first-order valence-electron chi connectivity index (χ1n) is 9.77. The highest BCUT2D eigenvalue weighted by atomic mass is 19.1. The fraction of sp³-hybridized carbons (Fsp3) is 0.208. The van der Waals surface area contributed by atoms with E-state index in [2.05, 4.69) is 5.32 Å². The summed E-state index contributed by atoms with van der Waals surface area (Å²) in [5.41, 5.74) is 7.22. The van der Waals surface area contributed by atoms with E-state index in [0.29, 0.717) is 24.5 Å². The quantitative estimate of drug-likeness (QED) is 0.518. The van der Waals surface area contributed by atoms with Gasteiger partial charge in [0.15, 0.2) is 11.5 Å². The van der Waals surface area contributed by atoms with Crippen LogP contribution in [0.2, 0.25) is 0 Å². The molecular weight excluding hydrogens is 402 g/mol. The van der Waals surface area contributed by atoms with Crippen molar-refractivity contribution in [2.75, 3.05) is 7.11 Å². The summed E-state index contributed by atoms with van der Waals surface area (Å²) in [6, 6.07) is 17.9. The molecule has 3 aromatic carbocycles. The molecule has 0 aromatic heterocycles. The van der Waals surface area contributed by atoms with Crippen molar-refractivity contribution < 1.29 is 23.0 Å². The van der Waals surface area contributed by atoms with Crippen LogP contribution in [0.5, 0.6) is 11.5 Å². The highest BCUT2D eigenvalue weighted by Gasteiger charge is 2.16. The zero-order valence-corrected chi connectivity index (χ0v) is 17.1. The molecule has 3 aromatic rings. The van der Waals surface area contributed by atoms with Gasteiger partial charge in [0.05, 0.1) is 18.7 Å². The van der Waals surface area contributed by atoms with Crippen molar-refractivity contribution in [2.45, 2.75) is 25.6 Å². The van der Waals surface area contributed by atoms with Gasteiger partial charge in [-0.25, -0.2) is 8.78 Å². The third kappa shape index (κ3) is 6.02. The fourth-order valence-electron chi connectivity index (χ4n) is 3.13. The molecule has 3 rings (SSSR count). The zero-order chi connectivity index (χ0) is 22.2. The molecule has 5 nitrogen and oxygen atoms in total. The molecule has 0 spiro atoms. The largest absolute Gasteiger partial charge is 0.493 e. The predicted molar refractivity (Wildman–Crippen MR) is 114 cm³/mol. The molecule has 0 heterocycles. The smallest absolute Gasteiger partial charge is 0.234 e. The Morgan fingerprint density at radius 3 is 2.32 bits per heavy atom. The monoisotopic (exact) mass is 426 g/mol. The molecule has 7 heteroatoms. The maximum atomic E-state index is 13.8. The van der Waals surface area contributed by atoms with Gasteiger partial charge in [-0.15, -0.1) is 0 Å². The number of nitrogens with one attached hydrogen (secondary N) is 1. The Bertz CT molecular complexity index is 1010. The summed E-state index contributed by atoms with van der Waals surface area (Å²) >= 11 is 0. The second kappa shape index (κ2) is 10.5. The number of benzene rings is 3. The predicted octanol–water partition coefficient (Wildman–Crippen LogP) is 3.74. The van der Waals surface area contributed by atoms with Gasteiger partial charge in [0.1, 0.15) is 18.2 Å². The number of amides is 1. The molecule has 0 aliphatic rings. The molecule has 0 saturated heterocycles. The Labute approximate surface area is 179 Å². The highest BCUT2D eigenvalue weighted by Crippen LogP contribution is 2.29. The summed E-state index contributed by atoms with van der Waals surface area (Å²) < 4.78 is 38.5. The molecule has 0 saturated carbocycles. The average molecular weight is 426 g/mol. The van der Waals surface area contributed by atoms with E-state index >= 15 is 0 Å². The van der Waals surface area contributed by atoms with E-state index in [1.54, 1.807) is 18.2 Å². The minimum absolute atomic E-state index is 0.152. The van der Waals surface area contributed by atoms with E-state index in [1.165, 1.54) is 25.3 Å². The van der Waals surface area contributed by atoms with Crippen LogP contribution in [0.4, 0.5) is 8.78 Å². The van der Waals surface area contributed by atoms with E-state index in [-0.39, 0.29) is 12.2 Å². The maximum Gasteiger partial charge on any atom is 0.234 e. The summed E-state index contributed by atoms with van der Waals surface area (Å²) in [4.78, 5) is 11.8. The van der Waals surface area contributed by atoms with Crippen LogP contribution in [0, 0.1) is 11.6 Å². The van der Waals surface area contributed by atoms with Crippen molar-refractivity contribution in [1.82, 2.24) is 5.32 Å². The summed E-state index contributed by atoms with van der Waals surface area (Å²) in [6.07, 6.45) is 0.475. The number of rotatable bonds is 10. The van der Waals surface area contributed by atoms with Crippen LogP contribution in [0.25, 0.3) is 0 Å². The lowest BCUT2D eigenvalue weighted by atomic mass is 10.1. The first-order chi connectivity index (χ1) is 15.0. The van der Waals surface area contributed by atoms with Crippen molar-refractivity contribution in [3.05, 3.63) is 95.1 Å². The van der Waals surface area contributed by atoms with Crippen LogP contribution in [-0.2, 0) is 24.4 Å². The molecule has 1 amide bonds. The van der Waals surface area contributed by atoms with Gasteiger partial charge in [-0.3, -0.25) is 4.79 Å². The second-order valence-electron chi connectivity index (χ2n) is 7.00. The number of halogens is 2. The molecule has 31 heavy (non-hydrogen) atoms. The number of methoxy groups -OCH3 is 1. The summed E-state index contributed by atoms with van der Waals surface area (Å²) in [5, 5.41) is 3.16. The van der Waals surface area contributed by atoms with Gasteiger partial charge in [-0.1, -0.05) is 42.5 Å². The first kappa shape index (κ1) is 22.2. The first-order valence-corrected chi connectivity index (χ1v) is 9.77. The Hall–Kier alpha value is -3.45. The summed E-state index contributed by atoms with van der Waals surface area (Å²) in [5.74, 6) is -1.02. The van der Waals surface area contributed by atoms with E-state index in [1.807, 2.05) is 30.3 Å². The number of hydrogen-bond donors (Lipinski definition) is 2. The molecular formula is C24H24F2N2O3. The van der Waals surface area contributed by atoms with Crippen LogP contribution in [0.3, 0.4) is 0 Å². The molecule has 0 radical (unpaired) electrons. The Balaban J connectivity index is 1.65. The minimum Gasteiger partial charge on any atom is -0.493 e. The third-order valence-corrected chi connectivity index (χ3v) is 4.84. The van der Waals surface area contributed by atoms with Gasteiger partial charge in [-0.05, 0) is 41.8 Å². The average Bonchev–Trinajstić information content (AvgIpc) is 2.77. The lowest BCUT2D eigenvalue weighted by molar-refractivity contribution is -0.120. The lowest BCUT2D eigenvalue weighted by Gasteiger charge is -2.17. The van der Waals surface area contributed by atoms with Gasteiger partial charge < -0.3 is 20.5 Å². The highest BCUT2D eigenvalue weighted by molar-refractivity contribution is 5.80. The topological polar surface area (TPSA) is 73.6 Å². The van der Waals surface area contributed by atoms with E-state index in [4.69, 9.17) is 15.2 Å². The number of carbonyl (C=O) groups excluding carboxylic acids is 1. The molecule has 3 N–H and O–H groups in total. The van der Waals surface area contributed by atoms with Crippen LogP contribution >= 0.6 is 0 Å². The van der Waals surface area contributed by atoms with Crippen LogP contribution in [0.15, 0.2) is 66.7 Å². The van der Waals surface area contributed by atoms with Gasteiger partial charge in [-0.2, -0.15) is 0 Å². The standard InChI is InChI=1S/C24H24F2N2O3/c1-30-23-13-17(14-28-21(24(27)29)12-16-6-3-2-4-7-16)10-11-22(23)31-15-18-19(25)8-5-9-20(18)26/h2-11,13,21,28H,12,14-15H2,1H3,(H2,27,29). The summed E-state index contributed by atoms with van der Waals surface area (Å²) in [7, 11) is 1.48. The number of primary amides is 1. The minimum atomic E-state index is -0.671. The number of ether oxygens (including phenoxy) is 2. The molecule has 0 bridgehead atoms. The van der Waals surface area contributed by atoms with Crippen LogP contribution in [0.1, 0.15) is 16.7 Å². The number of carbonyl (C=O) groups is 1. The normalized spacial score (nSPS) is 11.7. The summed E-state index contributed by atoms with van der Waals surface area (Å²) in [6.45, 7) is 0.103. The van der Waals surface area contributed by atoms with Crippen molar-refractivity contribution >= 4 is 5.91 Å². The second-order valence-corrected chi connectivity index (χ2v) is 7.00. The zero-order valence-electron chi connectivity index (χ0n) is 17.1. The Morgan fingerprint density at radius 1 is 0.968 bits per heavy atom. The molecule has 0 aliphatic heterocycles. The van der Waals surface area contributed by atoms with Crippen molar-refractivity contribution in [3.63, 3.8) is 0 Å². The maximum absolute atomic E-state index is 13.8. The molecule has 1 unspecified atom stereocenters. The SMILES string of the molecule is COc1cc(CNC(Cc2ccccc2)C(N)=O)ccc1OCc1c(F)cccc1F. The number of nitrogens with two attached hydrogens (primary N) is 1. The Kier molecular flexibility index (Phi) is 7.56. The van der Waals surface area contributed by atoms with E-state index in [0.717, 1.165) is 11.1 Å². The molecule has 0 fully saturated rings. The lowest BCUT2D eigenvalue weighted by Crippen LogP contribution is -2.42. The molecule has 0 aliphatic carbocycles. The van der Waals surface area contributed by atoms with Crippen molar-refractivity contribution in [2.24, 2.45) is 5.73 Å². The van der Waals surface area contributed by atoms with Crippen LogP contribution in [-0.4, -0.2) is 19.1 Å². The fourth-order valence-corrected chi connectivity index (χ4v) is 3.13. The number of hydrogen-bond acceptors (Lipinski definition) is 4. The van der Waals surface area contributed by atoms with Gasteiger partial charge >= 0.3 is 0 Å². The van der Waals surface area contributed by atoms with Crippen molar-refractivity contribution in [1.29, 1.82) is 0 Å². The van der Waals surface area contributed by atoms with E-state index < -0.39 is 23.6 Å². The van der Waals surface area contributed by atoms with Gasteiger partial charge in [0.25, 0.3) is 0 Å². The third-order valence-electron chi connectivity index (χ3n) is 4.84. The van der Waals surface area contributed by atoms with Crippen LogP contribution < -0.4 is 20.5 Å². The molecule has 162 valence electrons. The van der Waals surface area contributed by atoms with Gasteiger partial charge in [0, 0.05) is 6.54 Å². The van der Waals surface area contributed by atoms with Crippen molar-refractivity contribution in [3.8, 4) is 11.5 Å².